The highest BCUT2D eigenvalue weighted by atomic mass is 15.2. The van der Waals surface area contributed by atoms with Gasteiger partial charge in [-0.1, -0.05) is 45.4 Å². The second-order valence-corrected chi connectivity index (χ2v) is 5.03. The largest absolute Gasteiger partial charge is 0.383 e. The van der Waals surface area contributed by atoms with Crippen molar-refractivity contribution in [3.05, 3.63) is 12.0 Å². The molecule has 0 aliphatic carbocycles. The highest BCUT2D eigenvalue weighted by Gasteiger charge is 2.06. The van der Waals surface area contributed by atoms with Gasteiger partial charge < -0.3 is 5.73 Å². The fourth-order valence-corrected chi connectivity index (χ4v) is 2.26. The van der Waals surface area contributed by atoms with Crippen LogP contribution in [0.4, 0.5) is 5.82 Å². The number of H-pyrrole nitrogens is 1. The topological polar surface area (TPSA) is 80.5 Å². The number of aromatic amines is 1. The molecule has 104 valence electrons. The van der Waals surface area contributed by atoms with E-state index in [1.54, 1.807) is 6.20 Å². The van der Waals surface area contributed by atoms with Gasteiger partial charge in [-0.15, -0.1) is 0 Å². The third-order valence-electron chi connectivity index (χ3n) is 3.39. The summed E-state index contributed by atoms with van der Waals surface area (Å²) in [6.45, 7) is 2.24. The Kier molecular flexibility index (Phi) is 5.12. The number of nitrogen functional groups attached to an aromatic ring is 1. The van der Waals surface area contributed by atoms with E-state index >= 15 is 0 Å². The van der Waals surface area contributed by atoms with Crippen molar-refractivity contribution >= 4 is 16.9 Å². The molecule has 3 N–H and O–H groups in total. The molecule has 2 heterocycles. The number of aryl methyl sites for hydroxylation is 1. The molecule has 0 amide bonds. The van der Waals surface area contributed by atoms with Crippen LogP contribution < -0.4 is 5.73 Å². The molecule has 2 aromatic heterocycles. The van der Waals surface area contributed by atoms with E-state index in [4.69, 9.17) is 5.73 Å². The molecule has 0 aliphatic heterocycles. The summed E-state index contributed by atoms with van der Waals surface area (Å²) in [6, 6.07) is 0. The van der Waals surface area contributed by atoms with Gasteiger partial charge in [0, 0.05) is 6.42 Å². The Labute approximate surface area is 114 Å². The lowest BCUT2D eigenvalue weighted by atomic mass is 10.1. The first-order valence-electron chi connectivity index (χ1n) is 7.26. The molecule has 0 saturated heterocycles. The lowest BCUT2D eigenvalue weighted by Gasteiger charge is -2.03. The van der Waals surface area contributed by atoms with Crippen LogP contribution in [0.25, 0.3) is 11.0 Å². The van der Waals surface area contributed by atoms with Crippen LogP contribution in [0.5, 0.6) is 0 Å². The smallest absolute Gasteiger partial charge is 0.161 e. The summed E-state index contributed by atoms with van der Waals surface area (Å²) in [5.41, 5.74) is 6.62. The molecule has 0 saturated carbocycles. The maximum atomic E-state index is 5.88. The lowest BCUT2D eigenvalue weighted by molar-refractivity contribution is 0.585. The van der Waals surface area contributed by atoms with Gasteiger partial charge in [0.05, 0.1) is 11.6 Å². The molecule has 5 heteroatoms. The predicted octanol–water partition coefficient (Wildman–Crippen LogP) is 3.23. The zero-order chi connectivity index (χ0) is 13.5. The molecule has 5 nitrogen and oxygen atoms in total. The van der Waals surface area contributed by atoms with Gasteiger partial charge in [-0.25, -0.2) is 9.97 Å². The number of nitrogens with zero attached hydrogens (tertiary/aromatic N) is 3. The van der Waals surface area contributed by atoms with Gasteiger partial charge in [-0.05, 0) is 6.42 Å². The Hall–Kier alpha value is -1.65. The molecule has 0 aliphatic rings. The number of hydrogen-bond donors (Lipinski definition) is 2. The number of nitrogens with one attached hydrogen (secondary N) is 1. The lowest BCUT2D eigenvalue weighted by Crippen LogP contribution is -2.00. The van der Waals surface area contributed by atoms with Gasteiger partial charge in [0.15, 0.2) is 5.65 Å². The molecule has 0 radical (unpaired) electrons. The Morgan fingerprint density at radius 2 is 1.79 bits per heavy atom. The SMILES string of the molecule is CCCCCCCCCc1nc(N)c2cn[nH]c2n1. The fraction of sp³-hybridized carbons (Fsp3) is 0.643. The third-order valence-corrected chi connectivity index (χ3v) is 3.39. The summed E-state index contributed by atoms with van der Waals surface area (Å²) in [7, 11) is 0. The van der Waals surface area contributed by atoms with E-state index in [2.05, 4.69) is 27.1 Å². The van der Waals surface area contributed by atoms with Crippen molar-refractivity contribution in [2.24, 2.45) is 0 Å². The zero-order valence-corrected chi connectivity index (χ0v) is 11.7. The van der Waals surface area contributed by atoms with Gasteiger partial charge in [-0.3, -0.25) is 5.10 Å². The molecule has 0 bridgehead atoms. The van der Waals surface area contributed by atoms with E-state index in [-0.39, 0.29) is 0 Å². The molecule has 0 spiro atoms. The summed E-state index contributed by atoms with van der Waals surface area (Å²) >= 11 is 0. The monoisotopic (exact) mass is 261 g/mol. The van der Waals surface area contributed by atoms with E-state index in [1.807, 2.05) is 0 Å². The van der Waals surface area contributed by atoms with Crippen LogP contribution in [0.3, 0.4) is 0 Å². The van der Waals surface area contributed by atoms with Crippen molar-refractivity contribution in [3.8, 4) is 0 Å². The zero-order valence-electron chi connectivity index (χ0n) is 11.7. The predicted molar refractivity (Wildman–Crippen MR) is 77.8 cm³/mol. The highest BCUT2D eigenvalue weighted by molar-refractivity contribution is 5.84. The maximum Gasteiger partial charge on any atom is 0.161 e. The number of fused-ring (bicyclic) bond motifs is 1. The minimum Gasteiger partial charge on any atom is -0.383 e. The molecule has 0 unspecified atom stereocenters. The molecule has 19 heavy (non-hydrogen) atoms. The van der Waals surface area contributed by atoms with E-state index in [9.17, 15) is 0 Å². The summed E-state index contributed by atoms with van der Waals surface area (Å²) < 4.78 is 0. The van der Waals surface area contributed by atoms with Gasteiger partial charge in [-0.2, -0.15) is 5.10 Å². The number of rotatable bonds is 8. The van der Waals surface area contributed by atoms with E-state index < -0.39 is 0 Å². The number of unbranched alkanes of at least 4 members (excludes halogenated alkanes) is 6. The molecular formula is C14H23N5. The molecule has 0 fully saturated rings. The average Bonchev–Trinajstić information content (AvgIpc) is 2.86. The van der Waals surface area contributed by atoms with E-state index in [1.165, 1.54) is 38.5 Å². The van der Waals surface area contributed by atoms with Crippen molar-refractivity contribution < 1.29 is 0 Å². The standard InChI is InChI=1S/C14H23N5/c1-2-3-4-5-6-7-8-9-12-17-13(15)11-10-16-19-14(11)18-12/h10H,2-9H2,1H3,(H3,15,16,17,18,19). The number of aromatic nitrogens is 4. The summed E-state index contributed by atoms with van der Waals surface area (Å²) in [5.74, 6) is 1.35. The maximum absolute atomic E-state index is 5.88. The van der Waals surface area contributed by atoms with Crippen LogP contribution in [0.2, 0.25) is 0 Å². The minimum absolute atomic E-state index is 0.525. The Balaban J connectivity index is 1.75. The molecular weight excluding hydrogens is 238 g/mol. The summed E-state index contributed by atoms with van der Waals surface area (Å²) in [6.07, 6.45) is 11.6. The first kappa shape index (κ1) is 13.8. The van der Waals surface area contributed by atoms with Crippen molar-refractivity contribution in [1.82, 2.24) is 20.2 Å². The van der Waals surface area contributed by atoms with Crippen LogP contribution in [-0.4, -0.2) is 20.2 Å². The second kappa shape index (κ2) is 7.07. The second-order valence-electron chi connectivity index (χ2n) is 5.03. The molecule has 2 aromatic rings. The molecule has 0 aromatic carbocycles. The summed E-state index contributed by atoms with van der Waals surface area (Å²) in [5, 5.41) is 7.59. The first-order valence-corrected chi connectivity index (χ1v) is 7.26. The van der Waals surface area contributed by atoms with Crippen molar-refractivity contribution in [2.75, 3.05) is 5.73 Å². The number of nitrogens with two attached hydrogens (primary N) is 1. The Bertz CT molecular complexity index is 506. The highest BCUT2D eigenvalue weighted by Crippen LogP contribution is 2.16. The van der Waals surface area contributed by atoms with Crippen LogP contribution >= 0.6 is 0 Å². The van der Waals surface area contributed by atoms with Crippen LogP contribution in [0, 0.1) is 0 Å². The van der Waals surface area contributed by atoms with E-state index in [0.29, 0.717) is 5.82 Å². The normalized spacial score (nSPS) is 11.2. The average molecular weight is 261 g/mol. The van der Waals surface area contributed by atoms with Crippen LogP contribution in [-0.2, 0) is 6.42 Å². The number of anilines is 1. The van der Waals surface area contributed by atoms with Crippen molar-refractivity contribution in [3.63, 3.8) is 0 Å². The van der Waals surface area contributed by atoms with Gasteiger partial charge in [0.2, 0.25) is 0 Å². The minimum atomic E-state index is 0.525. The Morgan fingerprint density at radius 1 is 1.05 bits per heavy atom. The fourth-order valence-electron chi connectivity index (χ4n) is 2.26. The number of hydrogen-bond acceptors (Lipinski definition) is 4. The van der Waals surface area contributed by atoms with Gasteiger partial charge >= 0.3 is 0 Å². The summed E-state index contributed by atoms with van der Waals surface area (Å²) in [4.78, 5) is 8.76. The quantitative estimate of drug-likeness (QED) is 0.715. The Morgan fingerprint density at radius 3 is 2.58 bits per heavy atom. The van der Waals surface area contributed by atoms with Crippen molar-refractivity contribution in [1.29, 1.82) is 0 Å². The third kappa shape index (κ3) is 3.91. The van der Waals surface area contributed by atoms with Crippen LogP contribution in [0.1, 0.15) is 57.7 Å². The van der Waals surface area contributed by atoms with Crippen molar-refractivity contribution in [2.45, 2.75) is 58.3 Å². The van der Waals surface area contributed by atoms with E-state index in [0.717, 1.165) is 29.7 Å². The first-order chi connectivity index (χ1) is 9.31. The molecule has 0 atom stereocenters. The van der Waals surface area contributed by atoms with Gasteiger partial charge in [0.25, 0.3) is 0 Å². The van der Waals surface area contributed by atoms with Crippen LogP contribution in [0.15, 0.2) is 6.20 Å². The van der Waals surface area contributed by atoms with Gasteiger partial charge in [0.1, 0.15) is 11.6 Å². The molecule has 2 rings (SSSR count).